The van der Waals surface area contributed by atoms with E-state index in [1.54, 1.807) is 39.0 Å². The standard InChI is InChI=1S/C17H23NO4/c1-12-8-9-14(15(19)21-5)13(11-12)7-6-10-18-16(20)22-17(2,3)4/h6-9,11H,10H2,1-5H3,(H,18,20). The topological polar surface area (TPSA) is 64.6 Å². The number of hydrogen-bond donors (Lipinski definition) is 1. The highest BCUT2D eigenvalue weighted by Crippen LogP contribution is 2.14. The van der Waals surface area contributed by atoms with Gasteiger partial charge in [0, 0.05) is 6.54 Å². The number of methoxy groups -OCH3 is 1. The Balaban J connectivity index is 2.68. The van der Waals surface area contributed by atoms with E-state index in [4.69, 9.17) is 9.47 Å². The SMILES string of the molecule is COC(=O)c1ccc(C)cc1C=CCNC(=O)OC(C)(C)C. The normalized spacial score (nSPS) is 11.3. The molecule has 0 aliphatic heterocycles. The van der Waals surface area contributed by atoms with Crippen molar-refractivity contribution in [2.45, 2.75) is 33.3 Å². The Morgan fingerprint density at radius 2 is 1.95 bits per heavy atom. The van der Waals surface area contributed by atoms with Gasteiger partial charge in [-0.15, -0.1) is 0 Å². The number of benzene rings is 1. The fourth-order valence-electron chi connectivity index (χ4n) is 1.76. The van der Waals surface area contributed by atoms with Crippen LogP contribution in [0.2, 0.25) is 0 Å². The predicted molar refractivity (Wildman–Crippen MR) is 85.8 cm³/mol. The van der Waals surface area contributed by atoms with Crippen molar-refractivity contribution in [1.82, 2.24) is 5.32 Å². The average Bonchev–Trinajstić information content (AvgIpc) is 2.41. The van der Waals surface area contributed by atoms with Crippen LogP contribution < -0.4 is 5.32 Å². The molecule has 0 bridgehead atoms. The van der Waals surface area contributed by atoms with E-state index < -0.39 is 11.7 Å². The number of carbonyl (C=O) groups excluding carboxylic acids is 2. The lowest BCUT2D eigenvalue weighted by molar-refractivity contribution is 0.0532. The van der Waals surface area contributed by atoms with Crippen molar-refractivity contribution in [1.29, 1.82) is 0 Å². The second-order valence-electron chi connectivity index (χ2n) is 5.87. The number of rotatable bonds is 4. The number of hydrogen-bond acceptors (Lipinski definition) is 4. The van der Waals surface area contributed by atoms with E-state index in [1.165, 1.54) is 7.11 Å². The van der Waals surface area contributed by atoms with E-state index in [2.05, 4.69) is 5.32 Å². The Bertz CT molecular complexity index is 571. The van der Waals surface area contributed by atoms with E-state index in [0.29, 0.717) is 12.1 Å². The van der Waals surface area contributed by atoms with Crippen molar-refractivity contribution >= 4 is 18.1 Å². The van der Waals surface area contributed by atoms with Crippen molar-refractivity contribution in [3.8, 4) is 0 Å². The van der Waals surface area contributed by atoms with Gasteiger partial charge in [0.2, 0.25) is 0 Å². The second-order valence-corrected chi connectivity index (χ2v) is 5.87. The van der Waals surface area contributed by atoms with Gasteiger partial charge in [-0.2, -0.15) is 0 Å². The van der Waals surface area contributed by atoms with Crippen LogP contribution in [-0.2, 0) is 9.47 Å². The summed E-state index contributed by atoms with van der Waals surface area (Å²) >= 11 is 0. The minimum Gasteiger partial charge on any atom is -0.465 e. The third kappa shape index (κ3) is 5.99. The van der Waals surface area contributed by atoms with Crippen LogP contribution in [0.25, 0.3) is 6.08 Å². The highest BCUT2D eigenvalue weighted by atomic mass is 16.6. The van der Waals surface area contributed by atoms with Crippen molar-refractivity contribution in [2.75, 3.05) is 13.7 Å². The molecule has 120 valence electrons. The number of aryl methyl sites for hydroxylation is 1. The lowest BCUT2D eigenvalue weighted by Gasteiger charge is -2.19. The van der Waals surface area contributed by atoms with Gasteiger partial charge in [-0.1, -0.05) is 29.8 Å². The largest absolute Gasteiger partial charge is 0.465 e. The van der Waals surface area contributed by atoms with Gasteiger partial charge >= 0.3 is 12.1 Å². The first-order valence-corrected chi connectivity index (χ1v) is 7.05. The van der Waals surface area contributed by atoms with Crippen molar-refractivity contribution < 1.29 is 19.1 Å². The smallest absolute Gasteiger partial charge is 0.407 e. The molecule has 5 nitrogen and oxygen atoms in total. The number of esters is 1. The van der Waals surface area contributed by atoms with Gasteiger partial charge in [-0.3, -0.25) is 0 Å². The third-order valence-electron chi connectivity index (χ3n) is 2.67. The maximum atomic E-state index is 11.7. The molecule has 0 fully saturated rings. The maximum Gasteiger partial charge on any atom is 0.407 e. The summed E-state index contributed by atoms with van der Waals surface area (Å²) in [6.45, 7) is 7.66. The number of nitrogens with one attached hydrogen (secondary N) is 1. The van der Waals surface area contributed by atoms with Crippen LogP contribution in [-0.4, -0.2) is 31.3 Å². The molecule has 0 radical (unpaired) electrons. The van der Waals surface area contributed by atoms with Crippen LogP contribution in [0.5, 0.6) is 0 Å². The molecule has 22 heavy (non-hydrogen) atoms. The van der Waals surface area contributed by atoms with Gasteiger partial charge in [0.15, 0.2) is 0 Å². The molecule has 0 spiro atoms. The predicted octanol–water partition coefficient (Wildman–Crippen LogP) is 3.32. The Kier molecular flexibility index (Phi) is 6.16. The Morgan fingerprint density at radius 3 is 2.55 bits per heavy atom. The summed E-state index contributed by atoms with van der Waals surface area (Å²) in [6.07, 6.45) is 3.05. The first kappa shape index (κ1) is 17.8. The van der Waals surface area contributed by atoms with Crippen molar-refractivity contribution in [3.63, 3.8) is 0 Å². The van der Waals surface area contributed by atoms with Crippen molar-refractivity contribution in [3.05, 3.63) is 41.0 Å². The van der Waals surface area contributed by atoms with Gasteiger partial charge in [-0.05, 0) is 39.3 Å². The Labute approximate surface area is 131 Å². The summed E-state index contributed by atoms with van der Waals surface area (Å²) < 4.78 is 9.88. The summed E-state index contributed by atoms with van der Waals surface area (Å²) in [5.74, 6) is -0.389. The van der Waals surface area contributed by atoms with Crippen molar-refractivity contribution in [2.24, 2.45) is 0 Å². The molecule has 0 aliphatic carbocycles. The van der Waals surface area contributed by atoms with E-state index in [9.17, 15) is 9.59 Å². The summed E-state index contributed by atoms with van der Waals surface area (Å²) in [4.78, 5) is 23.2. The number of carbonyl (C=O) groups is 2. The number of ether oxygens (including phenoxy) is 2. The summed E-state index contributed by atoms with van der Waals surface area (Å²) in [5.41, 5.74) is 1.74. The monoisotopic (exact) mass is 305 g/mol. The summed E-state index contributed by atoms with van der Waals surface area (Å²) in [6, 6.07) is 5.46. The molecule has 1 N–H and O–H groups in total. The van der Waals surface area contributed by atoms with Crippen LogP contribution in [0.4, 0.5) is 4.79 Å². The van der Waals surface area contributed by atoms with Crippen LogP contribution >= 0.6 is 0 Å². The molecular formula is C17H23NO4. The summed E-state index contributed by atoms with van der Waals surface area (Å²) in [5, 5.41) is 2.62. The van der Waals surface area contributed by atoms with Gasteiger partial charge in [0.25, 0.3) is 0 Å². The zero-order valence-corrected chi connectivity index (χ0v) is 13.7. The lowest BCUT2D eigenvalue weighted by atomic mass is 10.0. The lowest BCUT2D eigenvalue weighted by Crippen LogP contribution is -2.32. The molecule has 1 aromatic carbocycles. The fraction of sp³-hybridized carbons (Fsp3) is 0.412. The minimum atomic E-state index is -0.525. The first-order valence-electron chi connectivity index (χ1n) is 7.05. The van der Waals surface area contributed by atoms with E-state index in [0.717, 1.165) is 11.1 Å². The van der Waals surface area contributed by atoms with Crippen LogP contribution in [0.15, 0.2) is 24.3 Å². The van der Waals surface area contributed by atoms with Gasteiger partial charge in [-0.25, -0.2) is 9.59 Å². The van der Waals surface area contributed by atoms with Gasteiger partial charge in [0.05, 0.1) is 12.7 Å². The first-order chi connectivity index (χ1) is 10.2. The molecule has 1 amide bonds. The van der Waals surface area contributed by atoms with E-state index in [-0.39, 0.29) is 5.97 Å². The molecule has 1 rings (SSSR count). The Hall–Kier alpha value is -2.30. The number of amides is 1. The summed E-state index contributed by atoms with van der Waals surface area (Å²) in [7, 11) is 1.35. The fourth-order valence-corrected chi connectivity index (χ4v) is 1.76. The molecule has 0 heterocycles. The maximum absolute atomic E-state index is 11.7. The molecule has 5 heteroatoms. The van der Waals surface area contributed by atoms with Crippen LogP contribution in [0, 0.1) is 6.92 Å². The molecule has 0 atom stereocenters. The third-order valence-corrected chi connectivity index (χ3v) is 2.67. The van der Waals surface area contributed by atoms with Gasteiger partial charge < -0.3 is 14.8 Å². The zero-order valence-electron chi connectivity index (χ0n) is 13.7. The van der Waals surface area contributed by atoms with E-state index >= 15 is 0 Å². The molecule has 0 unspecified atom stereocenters. The molecular weight excluding hydrogens is 282 g/mol. The molecule has 1 aromatic rings. The molecule has 0 saturated carbocycles. The molecule has 0 saturated heterocycles. The number of alkyl carbamates (subject to hydrolysis) is 1. The minimum absolute atomic E-state index is 0.309. The van der Waals surface area contributed by atoms with Crippen LogP contribution in [0.3, 0.4) is 0 Å². The highest BCUT2D eigenvalue weighted by Gasteiger charge is 2.15. The molecule has 0 aromatic heterocycles. The second kappa shape index (κ2) is 7.64. The molecule has 0 aliphatic rings. The van der Waals surface area contributed by atoms with Crippen LogP contribution in [0.1, 0.15) is 42.3 Å². The average molecular weight is 305 g/mol. The highest BCUT2D eigenvalue weighted by molar-refractivity contribution is 5.93. The Morgan fingerprint density at radius 1 is 1.27 bits per heavy atom. The zero-order chi connectivity index (χ0) is 16.8. The van der Waals surface area contributed by atoms with E-state index in [1.807, 2.05) is 19.1 Å². The van der Waals surface area contributed by atoms with Gasteiger partial charge in [0.1, 0.15) is 5.60 Å². The quantitative estimate of drug-likeness (QED) is 0.867.